The molecule has 8 nitrogen and oxygen atoms in total. The lowest BCUT2D eigenvalue weighted by Gasteiger charge is -2.40. The maximum atomic E-state index is 11.3. The highest BCUT2D eigenvalue weighted by molar-refractivity contribution is 5.80. The third-order valence-electron chi connectivity index (χ3n) is 3.86. The molecule has 0 amide bonds. The van der Waals surface area contributed by atoms with Crippen LogP contribution in [0.25, 0.3) is 11.0 Å². The third-order valence-corrected chi connectivity index (χ3v) is 3.86. The highest BCUT2D eigenvalue weighted by atomic mass is 16.6. The fourth-order valence-electron chi connectivity index (χ4n) is 2.60. The van der Waals surface area contributed by atoms with Gasteiger partial charge in [0.1, 0.15) is 29.9 Å². The molecule has 3 rings (SSSR count). The summed E-state index contributed by atoms with van der Waals surface area (Å²) in [5.41, 5.74) is 0.321. The zero-order valence-corrected chi connectivity index (χ0v) is 12.0. The van der Waals surface area contributed by atoms with Crippen LogP contribution in [0.4, 0.5) is 5.69 Å². The van der Waals surface area contributed by atoms with Gasteiger partial charge in [-0.05, 0) is 18.2 Å². The number of rotatable bonds is 3. The Morgan fingerprint density at radius 3 is 2.57 bits per heavy atom. The van der Waals surface area contributed by atoms with Crippen LogP contribution >= 0.6 is 0 Å². The monoisotopic (exact) mass is 323 g/mol. The van der Waals surface area contributed by atoms with E-state index in [2.05, 4.69) is 5.32 Å². The van der Waals surface area contributed by atoms with E-state index >= 15 is 0 Å². The average Bonchev–Trinajstić information content (AvgIpc) is 2.54. The number of aliphatic hydroxyl groups excluding tert-OH is 4. The van der Waals surface area contributed by atoms with E-state index in [9.17, 15) is 20.1 Å². The highest BCUT2D eigenvalue weighted by Gasteiger charge is 2.43. The first-order valence-corrected chi connectivity index (χ1v) is 7.10. The van der Waals surface area contributed by atoms with Gasteiger partial charge in [-0.1, -0.05) is 0 Å². The first-order valence-electron chi connectivity index (χ1n) is 7.10. The van der Waals surface area contributed by atoms with Crippen molar-refractivity contribution in [3.8, 4) is 0 Å². The fourth-order valence-corrected chi connectivity index (χ4v) is 2.60. The predicted molar refractivity (Wildman–Crippen MR) is 79.9 cm³/mol. The van der Waals surface area contributed by atoms with E-state index in [1.807, 2.05) is 0 Å². The molecule has 2 heterocycles. The molecule has 1 aromatic carbocycles. The average molecular weight is 323 g/mol. The Balaban J connectivity index is 1.84. The smallest absolute Gasteiger partial charge is 0.336 e. The van der Waals surface area contributed by atoms with Crippen LogP contribution in [0.5, 0.6) is 0 Å². The van der Waals surface area contributed by atoms with Gasteiger partial charge in [0.05, 0.1) is 6.61 Å². The van der Waals surface area contributed by atoms with E-state index in [0.29, 0.717) is 11.3 Å². The first-order chi connectivity index (χ1) is 11.0. The molecule has 8 heteroatoms. The van der Waals surface area contributed by atoms with E-state index in [4.69, 9.17) is 14.3 Å². The summed E-state index contributed by atoms with van der Waals surface area (Å²) >= 11 is 0. The van der Waals surface area contributed by atoms with Crippen molar-refractivity contribution in [2.75, 3.05) is 11.9 Å². The van der Waals surface area contributed by atoms with Crippen LogP contribution in [-0.2, 0) is 4.74 Å². The molecule has 3 unspecified atom stereocenters. The molecular formula is C15H17NO7. The van der Waals surface area contributed by atoms with Crippen molar-refractivity contribution in [2.24, 2.45) is 0 Å². The Morgan fingerprint density at radius 2 is 1.83 bits per heavy atom. The van der Waals surface area contributed by atoms with Crippen LogP contribution in [0.2, 0.25) is 0 Å². The zero-order chi connectivity index (χ0) is 16.6. The van der Waals surface area contributed by atoms with Crippen molar-refractivity contribution in [3.63, 3.8) is 0 Å². The number of hydrogen-bond acceptors (Lipinski definition) is 8. The molecule has 1 saturated heterocycles. The molecule has 1 aliphatic rings. The van der Waals surface area contributed by atoms with Gasteiger partial charge in [-0.2, -0.15) is 0 Å². The number of nitrogens with one attached hydrogen (secondary N) is 1. The molecule has 124 valence electrons. The quantitative estimate of drug-likeness (QED) is 0.455. The van der Waals surface area contributed by atoms with Gasteiger partial charge in [0.2, 0.25) is 0 Å². The van der Waals surface area contributed by atoms with E-state index < -0.39 is 42.9 Å². The van der Waals surface area contributed by atoms with Crippen LogP contribution in [0, 0.1) is 0 Å². The Morgan fingerprint density at radius 1 is 1.09 bits per heavy atom. The number of anilines is 1. The summed E-state index contributed by atoms with van der Waals surface area (Å²) in [4.78, 5) is 11.3. The van der Waals surface area contributed by atoms with Crippen molar-refractivity contribution in [1.29, 1.82) is 0 Å². The summed E-state index contributed by atoms with van der Waals surface area (Å²) in [5, 5.41) is 42.5. The molecule has 1 aliphatic heterocycles. The summed E-state index contributed by atoms with van der Waals surface area (Å²) in [6.07, 6.45) is -5.19. The van der Waals surface area contributed by atoms with Gasteiger partial charge in [0.25, 0.3) is 0 Å². The fraction of sp³-hybridized carbons (Fsp3) is 0.400. The summed E-state index contributed by atoms with van der Waals surface area (Å²) in [6, 6.07) is 6.83. The molecule has 0 bridgehead atoms. The molecule has 0 saturated carbocycles. The number of hydrogen-bond donors (Lipinski definition) is 5. The molecule has 0 radical (unpaired) electrons. The number of benzene rings is 1. The molecule has 0 spiro atoms. The minimum absolute atomic E-state index is 0.344. The predicted octanol–water partition coefficient (Wildman–Crippen LogP) is -0.995. The minimum atomic E-state index is -1.43. The van der Waals surface area contributed by atoms with Crippen molar-refractivity contribution in [1.82, 2.24) is 0 Å². The van der Waals surface area contributed by atoms with Crippen molar-refractivity contribution in [3.05, 3.63) is 40.8 Å². The standard InChI is InChI=1S/C15H17NO7/c17-6-10-13(19)14(20)12(15(21)23-10)16-8-3-1-7-2-4-11(18)22-9(7)5-8/h1-5,10,12-17,19-21H,6H2/t10?,12?,13-,14?,15-/m0/s1. The second-order valence-corrected chi connectivity index (χ2v) is 5.41. The molecule has 1 aromatic heterocycles. The maximum absolute atomic E-state index is 11.3. The molecule has 1 fully saturated rings. The van der Waals surface area contributed by atoms with E-state index in [1.54, 1.807) is 24.3 Å². The lowest BCUT2D eigenvalue weighted by atomic mass is 9.97. The minimum Gasteiger partial charge on any atom is -0.423 e. The molecule has 5 atom stereocenters. The second-order valence-electron chi connectivity index (χ2n) is 5.41. The highest BCUT2D eigenvalue weighted by Crippen LogP contribution is 2.24. The van der Waals surface area contributed by atoms with Crippen LogP contribution in [0.1, 0.15) is 0 Å². The zero-order valence-electron chi connectivity index (χ0n) is 12.0. The van der Waals surface area contributed by atoms with E-state index in [-0.39, 0.29) is 0 Å². The Bertz CT molecular complexity index is 746. The molecule has 5 N–H and O–H groups in total. The molecule has 23 heavy (non-hydrogen) atoms. The maximum Gasteiger partial charge on any atom is 0.336 e. The van der Waals surface area contributed by atoms with Crippen LogP contribution < -0.4 is 10.9 Å². The van der Waals surface area contributed by atoms with Crippen LogP contribution in [0.15, 0.2) is 39.5 Å². The molecular weight excluding hydrogens is 306 g/mol. The Kier molecular flexibility index (Phi) is 4.33. The SMILES string of the molecule is O=c1ccc2ccc(NC3C(O)[C@@H](O)C(CO)O[C@@H]3O)cc2o1. The lowest BCUT2D eigenvalue weighted by molar-refractivity contribution is -0.245. The summed E-state index contributed by atoms with van der Waals surface area (Å²) in [5.74, 6) is 0. The van der Waals surface area contributed by atoms with Crippen LogP contribution in [-0.4, -0.2) is 57.7 Å². The summed E-state index contributed by atoms with van der Waals surface area (Å²) in [7, 11) is 0. The molecule has 0 aliphatic carbocycles. The number of fused-ring (bicyclic) bond motifs is 1. The third kappa shape index (κ3) is 3.07. The Labute approximate surface area is 130 Å². The lowest BCUT2D eigenvalue weighted by Crippen LogP contribution is -2.61. The normalized spacial score (nSPS) is 31.2. The van der Waals surface area contributed by atoms with Crippen molar-refractivity contribution >= 4 is 16.7 Å². The van der Waals surface area contributed by atoms with Gasteiger partial charge >= 0.3 is 5.63 Å². The van der Waals surface area contributed by atoms with Gasteiger partial charge in [-0.25, -0.2) is 4.79 Å². The van der Waals surface area contributed by atoms with Gasteiger partial charge < -0.3 is 34.9 Å². The van der Waals surface area contributed by atoms with Crippen molar-refractivity contribution < 1.29 is 29.6 Å². The topological polar surface area (TPSA) is 132 Å². The van der Waals surface area contributed by atoms with E-state index in [1.165, 1.54) is 6.07 Å². The van der Waals surface area contributed by atoms with Gasteiger partial charge in [-0.3, -0.25) is 0 Å². The summed E-state index contributed by atoms with van der Waals surface area (Å²) in [6.45, 7) is -0.525. The van der Waals surface area contributed by atoms with E-state index in [0.717, 1.165) is 5.39 Å². The van der Waals surface area contributed by atoms with Gasteiger partial charge in [-0.15, -0.1) is 0 Å². The summed E-state index contributed by atoms with van der Waals surface area (Å²) < 4.78 is 10.1. The second kappa shape index (κ2) is 6.26. The first kappa shape index (κ1) is 15.9. The number of ether oxygens (including phenoxy) is 1. The van der Waals surface area contributed by atoms with Crippen LogP contribution in [0.3, 0.4) is 0 Å². The van der Waals surface area contributed by atoms with Crippen molar-refractivity contribution in [2.45, 2.75) is 30.6 Å². The largest absolute Gasteiger partial charge is 0.423 e. The molecule has 2 aromatic rings. The van der Waals surface area contributed by atoms with Gasteiger partial charge in [0.15, 0.2) is 6.29 Å². The number of aliphatic hydroxyl groups is 4. The Hall–Kier alpha value is -1.97. The van der Waals surface area contributed by atoms with Gasteiger partial charge in [0, 0.05) is 23.2 Å².